The maximum absolute atomic E-state index is 5.44. The number of benzene rings is 1. The smallest absolute Gasteiger partial charge is 0.165 e. The van der Waals surface area contributed by atoms with E-state index in [9.17, 15) is 0 Å². The number of aryl methyl sites for hydroxylation is 2. The number of rotatable bonds is 7. The van der Waals surface area contributed by atoms with Crippen molar-refractivity contribution < 1.29 is 4.74 Å². The van der Waals surface area contributed by atoms with Crippen LogP contribution >= 0.6 is 11.8 Å². The summed E-state index contributed by atoms with van der Waals surface area (Å²) in [7, 11) is 1.71. The second-order valence-electron chi connectivity index (χ2n) is 7.66. The van der Waals surface area contributed by atoms with Crippen LogP contribution < -0.4 is 10.1 Å². The van der Waals surface area contributed by atoms with Crippen molar-refractivity contribution in [3.63, 3.8) is 0 Å². The SMILES string of the molecule is CCC(CC)Nc1c2c(nc3c(-c4ccc(OC)cc4SC)c(C)nn13)CCC2. The highest BCUT2D eigenvalue weighted by Gasteiger charge is 2.25. The van der Waals surface area contributed by atoms with Crippen molar-refractivity contribution in [3.8, 4) is 16.9 Å². The molecular formula is C23H30N4OS. The summed E-state index contributed by atoms with van der Waals surface area (Å²) >= 11 is 1.73. The molecule has 6 heteroatoms. The van der Waals surface area contributed by atoms with Crippen molar-refractivity contribution in [1.29, 1.82) is 0 Å². The van der Waals surface area contributed by atoms with Gasteiger partial charge in [0.25, 0.3) is 0 Å². The molecular weight excluding hydrogens is 380 g/mol. The first-order valence-electron chi connectivity index (χ1n) is 10.5. The van der Waals surface area contributed by atoms with Gasteiger partial charge in [-0.3, -0.25) is 0 Å². The topological polar surface area (TPSA) is 51.5 Å². The molecule has 1 aromatic carbocycles. The fourth-order valence-electron chi connectivity index (χ4n) is 4.29. The van der Waals surface area contributed by atoms with Crippen molar-refractivity contribution in [2.45, 2.75) is 63.8 Å². The van der Waals surface area contributed by atoms with Gasteiger partial charge in [-0.25, -0.2) is 4.98 Å². The lowest BCUT2D eigenvalue weighted by atomic mass is 10.1. The summed E-state index contributed by atoms with van der Waals surface area (Å²) in [6.07, 6.45) is 7.58. The Morgan fingerprint density at radius 2 is 2.03 bits per heavy atom. The highest BCUT2D eigenvalue weighted by Crippen LogP contribution is 2.39. The van der Waals surface area contributed by atoms with Gasteiger partial charge < -0.3 is 10.1 Å². The molecule has 3 aromatic rings. The Morgan fingerprint density at radius 3 is 2.72 bits per heavy atom. The predicted molar refractivity (Wildman–Crippen MR) is 122 cm³/mol. The fraction of sp³-hybridized carbons (Fsp3) is 0.478. The molecule has 2 aromatic heterocycles. The van der Waals surface area contributed by atoms with Crippen LogP contribution in [0.1, 0.15) is 50.1 Å². The van der Waals surface area contributed by atoms with Crippen LogP contribution in [0.2, 0.25) is 0 Å². The number of ether oxygens (including phenoxy) is 1. The maximum Gasteiger partial charge on any atom is 0.165 e. The predicted octanol–water partition coefficient (Wildman–Crippen LogP) is 5.52. The van der Waals surface area contributed by atoms with Crippen molar-refractivity contribution in [2.75, 3.05) is 18.7 Å². The van der Waals surface area contributed by atoms with E-state index >= 15 is 0 Å². The Labute approximate surface area is 177 Å². The Hall–Kier alpha value is -2.21. The lowest BCUT2D eigenvalue weighted by Gasteiger charge is -2.20. The standard InChI is InChI=1S/C23H30N4OS/c1-6-15(7-2)24-22-17-9-8-10-19(17)25-23-21(14(3)26-27(22)23)18-12-11-16(28-4)13-20(18)29-5/h11-13,15,24H,6-10H2,1-5H3. The number of hydrogen-bond donors (Lipinski definition) is 1. The van der Waals surface area contributed by atoms with Crippen LogP contribution in [0.15, 0.2) is 23.1 Å². The molecule has 0 amide bonds. The fourth-order valence-corrected chi connectivity index (χ4v) is 4.91. The van der Waals surface area contributed by atoms with Gasteiger partial charge in [0.05, 0.1) is 18.4 Å². The summed E-state index contributed by atoms with van der Waals surface area (Å²) in [6, 6.07) is 6.70. The van der Waals surface area contributed by atoms with E-state index in [1.807, 2.05) is 6.07 Å². The molecule has 0 saturated carbocycles. The van der Waals surface area contributed by atoms with E-state index < -0.39 is 0 Å². The van der Waals surface area contributed by atoms with Crippen LogP contribution in [0.3, 0.4) is 0 Å². The van der Waals surface area contributed by atoms with Crippen LogP contribution in [0.25, 0.3) is 16.8 Å². The number of fused-ring (bicyclic) bond motifs is 2. The minimum atomic E-state index is 0.445. The number of nitrogens with zero attached hydrogens (tertiary/aromatic N) is 3. The highest BCUT2D eigenvalue weighted by molar-refractivity contribution is 7.98. The molecule has 0 aliphatic heterocycles. The molecule has 2 heterocycles. The van der Waals surface area contributed by atoms with Gasteiger partial charge in [0, 0.05) is 27.8 Å². The minimum absolute atomic E-state index is 0.445. The minimum Gasteiger partial charge on any atom is -0.497 e. The maximum atomic E-state index is 5.44. The first-order chi connectivity index (χ1) is 14.1. The number of aromatic nitrogens is 3. The molecule has 0 atom stereocenters. The molecule has 5 nitrogen and oxygen atoms in total. The third-order valence-corrected chi connectivity index (χ3v) is 6.75. The van der Waals surface area contributed by atoms with Crippen LogP contribution in [0.5, 0.6) is 5.75 Å². The van der Waals surface area contributed by atoms with Gasteiger partial charge in [0.15, 0.2) is 5.65 Å². The number of methoxy groups -OCH3 is 1. The zero-order valence-electron chi connectivity index (χ0n) is 18.0. The quantitative estimate of drug-likeness (QED) is 0.519. The third kappa shape index (κ3) is 3.48. The summed E-state index contributed by atoms with van der Waals surface area (Å²) in [4.78, 5) is 6.29. The van der Waals surface area contributed by atoms with Crippen LogP contribution in [-0.4, -0.2) is 34.0 Å². The Balaban J connectivity index is 1.95. The highest BCUT2D eigenvalue weighted by atomic mass is 32.2. The molecule has 0 saturated heterocycles. The van der Waals surface area contributed by atoms with E-state index in [4.69, 9.17) is 14.8 Å². The molecule has 1 aliphatic carbocycles. The van der Waals surface area contributed by atoms with Gasteiger partial charge >= 0.3 is 0 Å². The zero-order valence-corrected chi connectivity index (χ0v) is 18.8. The lowest BCUT2D eigenvalue weighted by Crippen LogP contribution is -2.21. The molecule has 0 radical (unpaired) electrons. The molecule has 1 N–H and O–H groups in total. The largest absolute Gasteiger partial charge is 0.497 e. The Morgan fingerprint density at radius 1 is 1.24 bits per heavy atom. The molecule has 0 fully saturated rings. The van der Waals surface area contributed by atoms with Crippen molar-refractivity contribution in [1.82, 2.24) is 14.6 Å². The van der Waals surface area contributed by atoms with E-state index in [2.05, 4.69) is 49.0 Å². The second kappa shape index (κ2) is 8.27. The summed E-state index contributed by atoms with van der Waals surface area (Å²) in [6.45, 7) is 6.56. The van der Waals surface area contributed by atoms with E-state index in [1.165, 1.54) is 28.1 Å². The first-order valence-corrected chi connectivity index (χ1v) is 11.7. The van der Waals surface area contributed by atoms with Crippen molar-refractivity contribution in [3.05, 3.63) is 35.2 Å². The summed E-state index contributed by atoms with van der Waals surface area (Å²) in [5, 5.41) is 8.75. The van der Waals surface area contributed by atoms with Gasteiger partial charge in [-0.15, -0.1) is 11.8 Å². The van der Waals surface area contributed by atoms with Gasteiger partial charge in [-0.05, 0) is 63.5 Å². The monoisotopic (exact) mass is 410 g/mol. The lowest BCUT2D eigenvalue weighted by molar-refractivity contribution is 0.414. The molecule has 0 spiro atoms. The second-order valence-corrected chi connectivity index (χ2v) is 8.51. The summed E-state index contributed by atoms with van der Waals surface area (Å²) in [5.41, 5.74) is 6.83. The Kier molecular flexibility index (Phi) is 5.72. The normalized spacial score (nSPS) is 13.3. The van der Waals surface area contributed by atoms with Gasteiger partial charge in [0.2, 0.25) is 0 Å². The first kappa shape index (κ1) is 20.1. The van der Waals surface area contributed by atoms with E-state index in [0.717, 1.165) is 54.2 Å². The Bertz CT molecular complexity index is 1040. The zero-order chi connectivity index (χ0) is 20.5. The van der Waals surface area contributed by atoms with Gasteiger partial charge in [-0.2, -0.15) is 9.61 Å². The molecule has 29 heavy (non-hydrogen) atoms. The molecule has 1 aliphatic rings. The van der Waals surface area contributed by atoms with Crippen molar-refractivity contribution >= 4 is 23.2 Å². The van der Waals surface area contributed by atoms with Crippen LogP contribution in [-0.2, 0) is 12.8 Å². The average Bonchev–Trinajstić information content (AvgIpc) is 3.34. The third-order valence-electron chi connectivity index (χ3n) is 5.97. The average molecular weight is 411 g/mol. The number of hydrogen-bond acceptors (Lipinski definition) is 5. The van der Waals surface area contributed by atoms with E-state index in [-0.39, 0.29) is 0 Å². The number of nitrogens with one attached hydrogen (secondary N) is 1. The van der Waals surface area contributed by atoms with Crippen LogP contribution in [0, 0.1) is 6.92 Å². The molecule has 0 bridgehead atoms. The summed E-state index contributed by atoms with van der Waals surface area (Å²) in [5.74, 6) is 2.02. The van der Waals surface area contributed by atoms with Gasteiger partial charge in [-0.1, -0.05) is 13.8 Å². The van der Waals surface area contributed by atoms with Crippen LogP contribution in [0.4, 0.5) is 5.82 Å². The van der Waals surface area contributed by atoms with E-state index in [1.54, 1.807) is 18.9 Å². The number of anilines is 1. The number of thioether (sulfide) groups is 1. The molecule has 4 rings (SSSR count). The molecule has 0 unspecified atom stereocenters. The summed E-state index contributed by atoms with van der Waals surface area (Å²) < 4.78 is 7.49. The molecule has 154 valence electrons. The van der Waals surface area contributed by atoms with Gasteiger partial charge in [0.1, 0.15) is 11.6 Å². The van der Waals surface area contributed by atoms with Crippen molar-refractivity contribution in [2.24, 2.45) is 0 Å². The van der Waals surface area contributed by atoms with E-state index in [0.29, 0.717) is 6.04 Å².